The van der Waals surface area contributed by atoms with E-state index >= 15 is 4.39 Å². The fraction of sp³-hybridized carbons (Fsp3) is 0.438. The van der Waals surface area contributed by atoms with Crippen molar-refractivity contribution in [3.8, 4) is 11.4 Å². The number of aromatic nitrogens is 2. The molecule has 1 aromatic carbocycles. The highest BCUT2D eigenvalue weighted by molar-refractivity contribution is 7.59. The maximum Gasteiger partial charge on any atom is 0.343 e. The minimum absolute atomic E-state index is 0. The number of cyclic esters (lactones) is 1. The van der Waals surface area contributed by atoms with E-state index in [4.69, 9.17) is 20.2 Å². The molecule has 0 radical (unpaired) electrons. The van der Waals surface area contributed by atoms with Crippen LogP contribution in [0, 0.1) is 12.7 Å². The monoisotopic (exact) mass is 703 g/mol. The van der Waals surface area contributed by atoms with Crippen molar-refractivity contribution in [1.29, 1.82) is 0 Å². The summed E-state index contributed by atoms with van der Waals surface area (Å²) in [6.07, 6.45) is 0.924. The minimum Gasteiger partial charge on any atom is -0.458 e. The number of ketones is 1. The number of ether oxygens (including phenoxy) is 2. The Bertz CT molecular complexity index is 1900. The van der Waals surface area contributed by atoms with E-state index < -0.39 is 40.8 Å². The molecule has 2 aliphatic heterocycles. The second kappa shape index (κ2) is 14.3. The summed E-state index contributed by atoms with van der Waals surface area (Å²) in [5.41, 5.74) is 6.98. The van der Waals surface area contributed by atoms with Gasteiger partial charge in [-0.3, -0.25) is 19.2 Å². The summed E-state index contributed by atoms with van der Waals surface area (Å²) in [6.45, 7) is 2.43. The zero-order chi connectivity index (χ0) is 32.9. The van der Waals surface area contributed by atoms with E-state index in [0.717, 1.165) is 16.5 Å². The lowest BCUT2D eigenvalue weighted by Crippen LogP contribution is -2.44. The largest absolute Gasteiger partial charge is 0.458 e. The summed E-state index contributed by atoms with van der Waals surface area (Å²) in [6, 6.07) is 2.42. The van der Waals surface area contributed by atoms with Gasteiger partial charge in [-0.1, -0.05) is 6.92 Å². The van der Waals surface area contributed by atoms with Crippen molar-refractivity contribution < 1.29 is 38.1 Å². The van der Waals surface area contributed by atoms with E-state index in [1.165, 1.54) is 10.6 Å². The number of nitrogens with two attached hydrogens (primary N) is 1. The van der Waals surface area contributed by atoms with E-state index in [1.54, 1.807) is 19.9 Å². The predicted octanol–water partition coefficient (Wildman–Crippen LogP) is 0.907. The zero-order valence-corrected chi connectivity index (χ0v) is 28.5. The summed E-state index contributed by atoms with van der Waals surface area (Å²) in [5, 5.41) is 17.3. The number of amides is 2. The molecular weight excluding hydrogens is 666 g/mol. The molecule has 0 saturated carbocycles. The number of aliphatic hydroxyl groups is 1. The first-order valence-corrected chi connectivity index (χ1v) is 15.2. The van der Waals surface area contributed by atoms with Gasteiger partial charge in [-0.15, -0.1) is 0 Å². The Morgan fingerprint density at radius 1 is 1.19 bits per heavy atom. The fourth-order valence-electron chi connectivity index (χ4n) is 6.64. The number of hydrogen-bond donors (Lipinski definition) is 4. The van der Waals surface area contributed by atoms with Crippen LogP contribution in [0.2, 0.25) is 0 Å². The quantitative estimate of drug-likeness (QED) is 0.136. The molecule has 0 unspecified atom stereocenters. The highest BCUT2D eigenvalue weighted by Gasteiger charge is 2.46. The number of carbonyl (C=O) groups is 4. The highest BCUT2D eigenvalue weighted by atomic mass is 32.1. The van der Waals surface area contributed by atoms with Gasteiger partial charge in [-0.25, -0.2) is 14.2 Å². The van der Waals surface area contributed by atoms with E-state index in [1.807, 2.05) is 0 Å². The molecule has 0 fully saturated rings. The Morgan fingerprint density at radius 2 is 1.94 bits per heavy atom. The predicted molar refractivity (Wildman–Crippen MR) is 182 cm³/mol. The molecule has 4 heterocycles. The number of nitrogens with one attached hydrogen (secondary N) is 2. The first-order valence-electron chi connectivity index (χ1n) is 15.2. The number of halogens is 1. The van der Waals surface area contributed by atoms with Crippen LogP contribution in [0.1, 0.15) is 65.6 Å². The molecule has 0 bridgehead atoms. The Labute approximate surface area is 288 Å². The third kappa shape index (κ3) is 6.22. The van der Waals surface area contributed by atoms with Gasteiger partial charge in [0.1, 0.15) is 19.0 Å². The number of aryl methyl sites for hydroxylation is 1. The number of pyridine rings is 2. The van der Waals surface area contributed by atoms with Gasteiger partial charge in [-0.05, 0) is 48.9 Å². The van der Waals surface area contributed by atoms with Crippen LogP contribution in [0.5, 0.6) is 0 Å². The number of rotatable bonds is 10. The van der Waals surface area contributed by atoms with Crippen molar-refractivity contribution in [2.45, 2.75) is 64.3 Å². The van der Waals surface area contributed by atoms with Crippen LogP contribution in [0.25, 0.3) is 22.3 Å². The second-order valence-corrected chi connectivity index (χ2v) is 11.8. The standard InChI is InChI=1S/C32H34FN5O8.2H2S/c1-3-32(44)20-8-24-29-18(12-38(24)30(42)19(20)13-46-31(32)43)28-22(5-4-17-15(2)21(33)9-23(37-29)27(17)28)36-26(41)14-45-7-6-16(39)11-35-25(40)10-34;;/h8-9,22,44H,3-7,10-14,34H2,1-2H3,(H,35,40)(H,36,41);2*1H2/t22-,32-;;/m0../s1. The van der Waals surface area contributed by atoms with E-state index in [0.29, 0.717) is 40.9 Å². The maximum atomic E-state index is 15.1. The molecule has 3 aliphatic rings. The molecule has 2 atom stereocenters. The van der Waals surface area contributed by atoms with Gasteiger partial charge in [0.2, 0.25) is 11.8 Å². The van der Waals surface area contributed by atoms with Gasteiger partial charge < -0.3 is 35.5 Å². The van der Waals surface area contributed by atoms with E-state index in [-0.39, 0.29) is 96.2 Å². The topological polar surface area (TPSA) is 192 Å². The van der Waals surface area contributed by atoms with E-state index in [9.17, 15) is 29.1 Å². The molecule has 13 nitrogen and oxygen atoms in total. The molecular formula is C32H38FN5O8S2. The van der Waals surface area contributed by atoms with Crippen molar-refractivity contribution in [2.75, 3.05) is 26.3 Å². The van der Waals surface area contributed by atoms with Crippen LogP contribution >= 0.6 is 27.0 Å². The lowest BCUT2D eigenvalue weighted by atomic mass is 9.81. The molecule has 3 aromatic rings. The van der Waals surface area contributed by atoms with Crippen molar-refractivity contribution in [1.82, 2.24) is 20.2 Å². The van der Waals surface area contributed by atoms with Gasteiger partial charge in [0.15, 0.2) is 11.4 Å². The van der Waals surface area contributed by atoms with Crippen LogP contribution in [-0.4, -0.2) is 64.5 Å². The molecule has 1 aliphatic carbocycles. The molecule has 5 N–H and O–H groups in total. The Kier molecular flexibility index (Phi) is 11.1. The van der Waals surface area contributed by atoms with Gasteiger partial charge in [0.05, 0.1) is 54.8 Å². The highest BCUT2D eigenvalue weighted by Crippen LogP contribution is 2.45. The van der Waals surface area contributed by atoms with Crippen LogP contribution in [0.3, 0.4) is 0 Å². The summed E-state index contributed by atoms with van der Waals surface area (Å²) >= 11 is 0. The van der Waals surface area contributed by atoms with Crippen LogP contribution < -0.4 is 21.9 Å². The molecule has 0 saturated heterocycles. The first kappa shape index (κ1) is 37.0. The smallest absolute Gasteiger partial charge is 0.343 e. The van der Waals surface area contributed by atoms with Gasteiger partial charge in [-0.2, -0.15) is 27.0 Å². The molecule has 2 amide bonds. The van der Waals surface area contributed by atoms with Crippen molar-refractivity contribution in [2.24, 2.45) is 5.73 Å². The number of Topliss-reactive ketones (excluding diaryl/α,β-unsaturated/α-hetero) is 1. The summed E-state index contributed by atoms with van der Waals surface area (Å²) in [5.74, 6) is -2.40. The lowest BCUT2D eigenvalue weighted by molar-refractivity contribution is -0.172. The van der Waals surface area contributed by atoms with Gasteiger partial charge >= 0.3 is 5.97 Å². The van der Waals surface area contributed by atoms with Crippen molar-refractivity contribution in [3.05, 3.63) is 61.7 Å². The first-order chi connectivity index (χ1) is 22.0. The Balaban J connectivity index is 0.00000260. The lowest BCUT2D eigenvalue weighted by Gasteiger charge is -2.31. The number of esters is 1. The van der Waals surface area contributed by atoms with Gasteiger partial charge in [0.25, 0.3) is 5.56 Å². The molecule has 258 valence electrons. The minimum atomic E-state index is -1.99. The van der Waals surface area contributed by atoms with Crippen LogP contribution in [0.4, 0.5) is 4.39 Å². The SMILES string of the molecule is CC[C@@]1(O)C(=O)OCc2c1cc1n(c2=O)Cc2c-1nc1cc(F)c(C)c3c1c2[C@@H](NC(=O)COCCC(=O)CNC(=O)CN)CC3.S.S. The van der Waals surface area contributed by atoms with E-state index in [2.05, 4.69) is 10.6 Å². The number of hydrogen-bond acceptors (Lipinski definition) is 10. The van der Waals surface area contributed by atoms with Crippen LogP contribution in [-0.2, 0) is 53.8 Å². The fourth-order valence-corrected chi connectivity index (χ4v) is 6.64. The van der Waals surface area contributed by atoms with Crippen molar-refractivity contribution in [3.63, 3.8) is 0 Å². The molecule has 0 spiro atoms. The number of fused-ring (bicyclic) bond motifs is 5. The zero-order valence-electron chi connectivity index (χ0n) is 26.5. The molecule has 6 rings (SSSR count). The Hall–Kier alpha value is -3.83. The summed E-state index contributed by atoms with van der Waals surface area (Å²) < 4.78 is 27.2. The third-order valence-electron chi connectivity index (χ3n) is 9.14. The van der Waals surface area contributed by atoms with Gasteiger partial charge in [0, 0.05) is 29.0 Å². The Morgan fingerprint density at radius 3 is 2.65 bits per heavy atom. The number of carbonyl (C=O) groups excluding carboxylic acids is 4. The summed E-state index contributed by atoms with van der Waals surface area (Å²) in [7, 11) is 0. The average molecular weight is 704 g/mol. The average Bonchev–Trinajstić information content (AvgIpc) is 3.41. The maximum absolute atomic E-state index is 15.1. The van der Waals surface area contributed by atoms with Crippen molar-refractivity contribution >= 4 is 61.5 Å². The molecule has 48 heavy (non-hydrogen) atoms. The number of nitrogens with zero attached hydrogens (tertiary/aromatic N) is 2. The van der Waals surface area contributed by atoms with Crippen LogP contribution in [0.15, 0.2) is 16.9 Å². The number of benzene rings is 1. The molecule has 16 heteroatoms. The second-order valence-electron chi connectivity index (χ2n) is 11.8. The molecule has 2 aromatic heterocycles. The third-order valence-corrected chi connectivity index (χ3v) is 9.14. The summed E-state index contributed by atoms with van der Waals surface area (Å²) in [4.78, 5) is 67.3. The normalized spacial score (nSPS) is 18.4.